The monoisotopic (exact) mass is 434 g/mol. The predicted octanol–water partition coefficient (Wildman–Crippen LogP) is 4.98. The molecule has 0 aromatic carbocycles. The number of rotatable bonds is 7. The van der Waals surface area contributed by atoms with Crippen molar-refractivity contribution in [3.05, 3.63) is 39.4 Å². The molecule has 0 spiro atoms. The molecule has 1 aliphatic carbocycles. The Morgan fingerprint density at radius 3 is 3.04 bits per heavy atom. The number of nitrogens with zero attached hydrogens (tertiary/aromatic N) is 1. The Morgan fingerprint density at radius 2 is 2.32 bits per heavy atom. The van der Waals surface area contributed by atoms with Crippen molar-refractivity contribution in [3.63, 3.8) is 0 Å². The van der Waals surface area contributed by atoms with E-state index in [1.54, 1.807) is 16.2 Å². The molecule has 0 saturated carbocycles. The molecule has 7 heteroatoms. The third-order valence-electron chi connectivity index (χ3n) is 5.15. The van der Waals surface area contributed by atoms with E-state index in [1.807, 2.05) is 23.6 Å². The third-order valence-corrected chi connectivity index (χ3v) is 7.34. The Labute approximate surface area is 180 Å². The van der Waals surface area contributed by atoms with E-state index in [9.17, 15) is 9.59 Å². The van der Waals surface area contributed by atoms with Crippen molar-refractivity contribution in [2.24, 2.45) is 5.92 Å². The number of carbonyl (C=O) groups excluding carboxylic acids is 2. The number of hydrogen-bond acceptors (Lipinski definition) is 5. The maximum Gasteiger partial charge on any atom is 0.266 e. The zero-order chi connectivity index (χ0) is 20.1. The number of thiocarbonyl (C=S) groups is 1. The Kier molecular flexibility index (Phi) is 7.12. The van der Waals surface area contributed by atoms with Crippen LogP contribution in [0.4, 0.5) is 0 Å². The first-order valence-electron chi connectivity index (χ1n) is 9.68. The van der Waals surface area contributed by atoms with Crippen LogP contribution in [-0.4, -0.2) is 33.1 Å². The van der Waals surface area contributed by atoms with Gasteiger partial charge < -0.3 is 5.32 Å². The lowest BCUT2D eigenvalue weighted by Crippen LogP contribution is -2.47. The van der Waals surface area contributed by atoms with Gasteiger partial charge in [0.1, 0.15) is 4.32 Å². The zero-order valence-electron chi connectivity index (χ0n) is 16.3. The molecule has 4 nitrogen and oxygen atoms in total. The molecule has 3 rings (SSSR count). The highest BCUT2D eigenvalue weighted by molar-refractivity contribution is 8.26. The van der Waals surface area contributed by atoms with E-state index in [-0.39, 0.29) is 17.4 Å². The van der Waals surface area contributed by atoms with Gasteiger partial charge in [0.2, 0.25) is 5.91 Å². The molecule has 2 heterocycles. The minimum absolute atomic E-state index is 0.0310. The summed E-state index contributed by atoms with van der Waals surface area (Å²) in [5.74, 6) is 0.598. The molecule has 1 N–H and O–H groups in total. The molecule has 1 saturated heterocycles. The Morgan fingerprint density at radius 1 is 1.50 bits per heavy atom. The van der Waals surface area contributed by atoms with Crippen molar-refractivity contribution in [2.45, 2.75) is 51.5 Å². The summed E-state index contributed by atoms with van der Waals surface area (Å²) in [6, 6.07) is 3.94. The van der Waals surface area contributed by atoms with Gasteiger partial charge in [-0.2, -0.15) is 0 Å². The smallest absolute Gasteiger partial charge is 0.266 e. The van der Waals surface area contributed by atoms with Gasteiger partial charge in [-0.3, -0.25) is 14.5 Å². The number of thiophene rings is 1. The van der Waals surface area contributed by atoms with Gasteiger partial charge in [0.25, 0.3) is 5.91 Å². The molecule has 0 bridgehead atoms. The van der Waals surface area contributed by atoms with Crippen molar-refractivity contribution in [1.82, 2.24) is 10.2 Å². The van der Waals surface area contributed by atoms with Crippen molar-refractivity contribution in [2.75, 3.05) is 6.54 Å². The van der Waals surface area contributed by atoms with Crippen molar-refractivity contribution < 1.29 is 9.59 Å². The first-order chi connectivity index (χ1) is 13.4. The summed E-state index contributed by atoms with van der Waals surface area (Å²) in [5, 5.41) is 5.15. The third kappa shape index (κ3) is 5.33. The summed E-state index contributed by atoms with van der Waals surface area (Å²) in [6.07, 6.45) is 10.4. The molecule has 2 amide bonds. The minimum Gasteiger partial charge on any atom is -0.347 e. The van der Waals surface area contributed by atoms with E-state index >= 15 is 0 Å². The van der Waals surface area contributed by atoms with Gasteiger partial charge in [-0.25, -0.2) is 0 Å². The minimum atomic E-state index is -0.263. The van der Waals surface area contributed by atoms with E-state index < -0.39 is 0 Å². The zero-order valence-corrected chi connectivity index (χ0v) is 18.7. The highest BCUT2D eigenvalue weighted by atomic mass is 32.2. The summed E-state index contributed by atoms with van der Waals surface area (Å²) in [4.78, 5) is 28.3. The fraction of sp³-hybridized carbons (Fsp3) is 0.476. The number of amides is 2. The number of hydrogen-bond donors (Lipinski definition) is 1. The maximum absolute atomic E-state index is 12.6. The first kappa shape index (κ1) is 21.3. The largest absolute Gasteiger partial charge is 0.347 e. The van der Waals surface area contributed by atoms with Crippen LogP contribution in [0, 0.1) is 5.92 Å². The quantitative estimate of drug-likeness (QED) is 0.373. The predicted molar refractivity (Wildman–Crippen MR) is 122 cm³/mol. The van der Waals surface area contributed by atoms with Gasteiger partial charge in [-0.15, -0.1) is 11.3 Å². The van der Waals surface area contributed by atoms with Crippen molar-refractivity contribution in [1.29, 1.82) is 0 Å². The second-order valence-corrected chi connectivity index (χ2v) is 10.2. The van der Waals surface area contributed by atoms with Crippen LogP contribution in [0.1, 0.15) is 50.8 Å². The van der Waals surface area contributed by atoms with Crippen molar-refractivity contribution in [3.8, 4) is 0 Å². The van der Waals surface area contributed by atoms with Crippen LogP contribution in [0.5, 0.6) is 0 Å². The van der Waals surface area contributed by atoms with E-state index in [4.69, 9.17) is 12.2 Å². The fourth-order valence-electron chi connectivity index (χ4n) is 3.65. The normalized spacial score (nSPS) is 26.3. The molecule has 1 aromatic heterocycles. The molecule has 2 atom stereocenters. The average Bonchev–Trinajstić information content (AvgIpc) is 3.25. The molecule has 28 heavy (non-hydrogen) atoms. The molecular weight excluding hydrogens is 408 g/mol. The maximum atomic E-state index is 12.6. The van der Waals surface area contributed by atoms with Crippen LogP contribution >= 0.6 is 35.3 Å². The molecule has 2 unspecified atom stereocenters. The molecular formula is C21H26N2O2S3. The van der Waals surface area contributed by atoms with E-state index in [1.165, 1.54) is 11.8 Å². The Balaban J connectivity index is 1.49. The lowest BCUT2D eigenvalue weighted by molar-refractivity contribution is -0.124. The molecule has 150 valence electrons. The summed E-state index contributed by atoms with van der Waals surface area (Å²) in [6.45, 7) is 4.76. The van der Waals surface area contributed by atoms with Gasteiger partial charge in [-0.1, -0.05) is 55.5 Å². The number of allylic oxidation sites excluding steroid dienone is 1. The van der Waals surface area contributed by atoms with Crippen LogP contribution in [0.15, 0.2) is 34.6 Å². The second kappa shape index (κ2) is 9.37. The molecule has 0 radical (unpaired) electrons. The van der Waals surface area contributed by atoms with Crippen LogP contribution < -0.4 is 5.32 Å². The topological polar surface area (TPSA) is 49.4 Å². The van der Waals surface area contributed by atoms with Crippen molar-refractivity contribution >= 4 is 57.5 Å². The number of nitrogens with one attached hydrogen (secondary N) is 1. The lowest BCUT2D eigenvalue weighted by atomic mass is 9.80. The SMILES string of the molecule is CCC1CC=CC(C)(NC(=O)CCCN2C(=O)/C(=C/c3cccs3)SC2=S)C1. The van der Waals surface area contributed by atoms with Gasteiger partial charge in [0.05, 0.1) is 10.4 Å². The van der Waals surface area contributed by atoms with Gasteiger partial charge in [0, 0.05) is 17.8 Å². The summed E-state index contributed by atoms with van der Waals surface area (Å²) in [7, 11) is 0. The molecule has 1 fully saturated rings. The van der Waals surface area contributed by atoms with Gasteiger partial charge >= 0.3 is 0 Å². The lowest BCUT2D eigenvalue weighted by Gasteiger charge is -2.34. The Hall–Kier alpha value is -1.44. The summed E-state index contributed by atoms with van der Waals surface area (Å²) >= 11 is 8.29. The molecule has 2 aliphatic rings. The fourth-order valence-corrected chi connectivity index (χ4v) is 5.68. The van der Waals surface area contributed by atoms with Crippen LogP contribution in [0.3, 0.4) is 0 Å². The highest BCUT2D eigenvalue weighted by Gasteiger charge is 2.32. The van der Waals surface area contributed by atoms with E-state index in [0.29, 0.717) is 34.5 Å². The van der Waals surface area contributed by atoms with E-state index in [2.05, 4.69) is 31.3 Å². The van der Waals surface area contributed by atoms with Gasteiger partial charge in [-0.05, 0) is 49.6 Å². The van der Waals surface area contributed by atoms with Gasteiger partial charge in [0.15, 0.2) is 0 Å². The summed E-state index contributed by atoms with van der Waals surface area (Å²) < 4.78 is 0.571. The standard InChI is InChI=1S/C21H26N2O2S3/c1-3-15-7-4-10-21(2,14-15)22-18(24)9-5-11-23-19(25)17(28-20(23)26)13-16-8-6-12-27-16/h4,6,8,10,12-13,15H,3,5,7,9,11,14H2,1-2H3,(H,22,24)/b17-13-. The van der Waals surface area contributed by atoms with Crippen LogP contribution in [0.2, 0.25) is 0 Å². The molecule has 1 aliphatic heterocycles. The average molecular weight is 435 g/mol. The number of carbonyl (C=O) groups is 2. The first-order valence-corrected chi connectivity index (χ1v) is 11.8. The second-order valence-electron chi connectivity index (χ2n) is 7.53. The summed E-state index contributed by atoms with van der Waals surface area (Å²) in [5.41, 5.74) is -0.263. The Bertz CT molecular complexity index is 801. The van der Waals surface area contributed by atoms with Crippen LogP contribution in [0.25, 0.3) is 6.08 Å². The van der Waals surface area contributed by atoms with E-state index in [0.717, 1.165) is 24.1 Å². The number of thioether (sulfide) groups is 1. The highest BCUT2D eigenvalue weighted by Crippen LogP contribution is 2.33. The molecule has 1 aromatic rings. The van der Waals surface area contributed by atoms with Crippen LogP contribution in [-0.2, 0) is 9.59 Å².